The average molecular weight is 225 g/mol. The van der Waals surface area contributed by atoms with Crippen molar-refractivity contribution in [3.8, 4) is 0 Å². The molecule has 1 rings (SSSR count). The van der Waals surface area contributed by atoms with Crippen LogP contribution in [0.4, 0.5) is 0 Å². The van der Waals surface area contributed by atoms with E-state index in [4.69, 9.17) is 4.42 Å². The van der Waals surface area contributed by atoms with E-state index in [0.717, 1.165) is 12.2 Å². The highest BCUT2D eigenvalue weighted by molar-refractivity contribution is 5.80. The van der Waals surface area contributed by atoms with E-state index in [1.54, 1.807) is 25.2 Å². The summed E-state index contributed by atoms with van der Waals surface area (Å²) in [4.78, 5) is 17.2. The van der Waals surface area contributed by atoms with Gasteiger partial charge in [0, 0.05) is 20.5 Å². The van der Waals surface area contributed by atoms with Gasteiger partial charge in [-0.25, -0.2) is 4.98 Å². The minimum atomic E-state index is -0.230. The zero-order chi connectivity index (χ0) is 12.1. The molecule has 0 spiro atoms. The Labute approximate surface area is 95.8 Å². The molecule has 0 bridgehead atoms. The molecule has 0 aromatic carbocycles. The molecule has 1 N–H and O–H groups in total. The predicted octanol–water partition coefficient (Wildman–Crippen LogP) is 0.803. The van der Waals surface area contributed by atoms with Crippen LogP contribution in [-0.2, 0) is 17.8 Å². The smallest absolute Gasteiger partial charge is 0.238 e. The van der Waals surface area contributed by atoms with Gasteiger partial charge in [0.2, 0.25) is 11.8 Å². The van der Waals surface area contributed by atoms with E-state index >= 15 is 0 Å². The summed E-state index contributed by atoms with van der Waals surface area (Å²) in [6.45, 7) is 4.31. The Kier molecular flexibility index (Phi) is 4.49. The Balaban J connectivity index is 2.42. The van der Waals surface area contributed by atoms with Crippen LogP contribution in [0.1, 0.15) is 25.5 Å². The second-order valence-corrected chi connectivity index (χ2v) is 3.91. The third-order valence-electron chi connectivity index (χ3n) is 2.32. The van der Waals surface area contributed by atoms with E-state index in [1.807, 2.05) is 13.8 Å². The molecule has 1 aromatic heterocycles. The topological polar surface area (TPSA) is 58.4 Å². The molecular formula is C11H19N3O2. The van der Waals surface area contributed by atoms with Gasteiger partial charge >= 0.3 is 0 Å². The fourth-order valence-corrected chi connectivity index (χ4v) is 1.31. The first kappa shape index (κ1) is 12.7. The van der Waals surface area contributed by atoms with E-state index in [0.29, 0.717) is 12.4 Å². The molecule has 0 aliphatic heterocycles. The summed E-state index contributed by atoms with van der Waals surface area (Å²) in [5.74, 6) is 1.53. The van der Waals surface area contributed by atoms with Crippen molar-refractivity contribution in [1.29, 1.82) is 0 Å². The van der Waals surface area contributed by atoms with Crippen LogP contribution in [0, 0.1) is 0 Å². The van der Waals surface area contributed by atoms with Crippen LogP contribution in [0.25, 0.3) is 0 Å². The van der Waals surface area contributed by atoms with Crippen LogP contribution in [-0.4, -0.2) is 35.9 Å². The van der Waals surface area contributed by atoms with E-state index in [2.05, 4.69) is 10.3 Å². The van der Waals surface area contributed by atoms with E-state index in [9.17, 15) is 4.79 Å². The summed E-state index contributed by atoms with van der Waals surface area (Å²) < 4.78 is 5.42. The van der Waals surface area contributed by atoms with Crippen LogP contribution < -0.4 is 5.32 Å². The molecule has 16 heavy (non-hydrogen) atoms. The second kappa shape index (κ2) is 5.65. The molecule has 5 heteroatoms. The quantitative estimate of drug-likeness (QED) is 0.805. The van der Waals surface area contributed by atoms with Crippen molar-refractivity contribution in [1.82, 2.24) is 15.2 Å². The summed E-state index contributed by atoms with van der Waals surface area (Å²) in [7, 11) is 3.47. The molecular weight excluding hydrogens is 206 g/mol. The Morgan fingerprint density at radius 2 is 2.31 bits per heavy atom. The van der Waals surface area contributed by atoms with E-state index < -0.39 is 0 Å². The van der Waals surface area contributed by atoms with E-state index in [1.165, 1.54) is 0 Å². The van der Waals surface area contributed by atoms with Crippen molar-refractivity contribution in [2.75, 3.05) is 14.1 Å². The molecule has 1 aromatic rings. The van der Waals surface area contributed by atoms with Crippen LogP contribution in [0.15, 0.2) is 10.6 Å². The first-order chi connectivity index (χ1) is 7.54. The summed E-state index contributed by atoms with van der Waals surface area (Å²) >= 11 is 0. The molecule has 1 unspecified atom stereocenters. The number of hydrogen-bond donors (Lipinski definition) is 1. The van der Waals surface area contributed by atoms with Gasteiger partial charge < -0.3 is 9.32 Å². The zero-order valence-electron chi connectivity index (χ0n) is 10.3. The highest BCUT2D eigenvalue weighted by Crippen LogP contribution is 2.04. The Morgan fingerprint density at radius 1 is 1.62 bits per heavy atom. The fourth-order valence-electron chi connectivity index (χ4n) is 1.31. The summed E-state index contributed by atoms with van der Waals surface area (Å²) in [6.07, 6.45) is 2.55. The third kappa shape index (κ3) is 3.34. The van der Waals surface area contributed by atoms with Gasteiger partial charge in [-0.15, -0.1) is 0 Å². The van der Waals surface area contributed by atoms with Gasteiger partial charge in [0.05, 0.1) is 18.8 Å². The maximum atomic E-state index is 11.5. The number of rotatable bonds is 5. The first-order valence-corrected chi connectivity index (χ1v) is 5.42. The summed E-state index contributed by atoms with van der Waals surface area (Å²) in [5.41, 5.74) is 0. The van der Waals surface area contributed by atoms with Crippen molar-refractivity contribution in [3.63, 3.8) is 0 Å². The van der Waals surface area contributed by atoms with Gasteiger partial charge in [-0.3, -0.25) is 10.1 Å². The normalized spacial score (nSPS) is 12.5. The van der Waals surface area contributed by atoms with Gasteiger partial charge in [-0.2, -0.15) is 0 Å². The van der Waals surface area contributed by atoms with Gasteiger partial charge in [0.25, 0.3) is 0 Å². The lowest BCUT2D eigenvalue weighted by Crippen LogP contribution is -2.41. The van der Waals surface area contributed by atoms with Crippen LogP contribution in [0.2, 0.25) is 0 Å². The van der Waals surface area contributed by atoms with Crippen molar-refractivity contribution < 1.29 is 9.21 Å². The Bertz CT molecular complexity index is 347. The molecule has 1 amide bonds. The maximum absolute atomic E-state index is 11.5. The second-order valence-electron chi connectivity index (χ2n) is 3.91. The molecule has 0 fully saturated rings. The lowest BCUT2D eigenvalue weighted by atomic mass is 10.3. The van der Waals surface area contributed by atoms with Crippen molar-refractivity contribution in [2.24, 2.45) is 0 Å². The maximum Gasteiger partial charge on any atom is 0.238 e. The highest BCUT2D eigenvalue weighted by Gasteiger charge is 2.14. The molecule has 0 saturated heterocycles. The number of oxazole rings is 1. The number of nitrogens with zero attached hydrogens (tertiary/aromatic N) is 2. The number of nitrogens with one attached hydrogen (secondary N) is 1. The van der Waals surface area contributed by atoms with Gasteiger partial charge in [0.1, 0.15) is 5.76 Å². The average Bonchev–Trinajstić information content (AvgIpc) is 2.72. The third-order valence-corrected chi connectivity index (χ3v) is 2.32. The Hall–Kier alpha value is -1.36. The van der Waals surface area contributed by atoms with Crippen molar-refractivity contribution >= 4 is 5.91 Å². The SMILES string of the molecule is CCc1cnc(CNC(C)C(=O)N(C)C)o1. The van der Waals surface area contributed by atoms with Gasteiger partial charge in [-0.05, 0) is 6.92 Å². The van der Waals surface area contributed by atoms with Gasteiger partial charge in [0.15, 0.2) is 0 Å². The largest absolute Gasteiger partial charge is 0.444 e. The van der Waals surface area contributed by atoms with Crippen LogP contribution in [0.5, 0.6) is 0 Å². The van der Waals surface area contributed by atoms with E-state index in [-0.39, 0.29) is 11.9 Å². The molecule has 0 aliphatic rings. The summed E-state index contributed by atoms with van der Waals surface area (Å²) in [6, 6.07) is -0.230. The highest BCUT2D eigenvalue weighted by atomic mass is 16.4. The van der Waals surface area contributed by atoms with Crippen molar-refractivity contribution in [2.45, 2.75) is 32.9 Å². The Morgan fingerprint density at radius 3 is 2.81 bits per heavy atom. The molecule has 1 heterocycles. The monoisotopic (exact) mass is 225 g/mol. The number of amides is 1. The molecule has 5 nitrogen and oxygen atoms in total. The first-order valence-electron chi connectivity index (χ1n) is 5.42. The predicted molar refractivity (Wildman–Crippen MR) is 60.9 cm³/mol. The number of hydrogen-bond acceptors (Lipinski definition) is 4. The molecule has 0 saturated carbocycles. The molecule has 0 radical (unpaired) electrons. The number of likely N-dealkylation sites (N-methyl/N-ethyl adjacent to an activating group) is 1. The number of aromatic nitrogens is 1. The summed E-state index contributed by atoms with van der Waals surface area (Å²) in [5, 5.41) is 3.07. The van der Waals surface area contributed by atoms with Crippen molar-refractivity contribution in [3.05, 3.63) is 17.8 Å². The minimum absolute atomic E-state index is 0.0438. The lowest BCUT2D eigenvalue weighted by Gasteiger charge is -2.17. The standard InChI is InChI=1S/C11H19N3O2/c1-5-9-6-13-10(16-9)7-12-8(2)11(15)14(3)4/h6,8,12H,5,7H2,1-4H3. The number of carbonyl (C=O) groups is 1. The minimum Gasteiger partial charge on any atom is -0.444 e. The number of aryl methyl sites for hydroxylation is 1. The molecule has 90 valence electrons. The van der Waals surface area contributed by atoms with Crippen LogP contribution in [0.3, 0.4) is 0 Å². The molecule has 1 atom stereocenters. The number of carbonyl (C=O) groups excluding carboxylic acids is 1. The molecule has 0 aliphatic carbocycles. The van der Waals surface area contributed by atoms with Crippen LogP contribution >= 0.6 is 0 Å². The lowest BCUT2D eigenvalue weighted by molar-refractivity contribution is -0.130. The fraction of sp³-hybridized carbons (Fsp3) is 0.636. The van der Waals surface area contributed by atoms with Gasteiger partial charge in [-0.1, -0.05) is 6.92 Å². The zero-order valence-corrected chi connectivity index (χ0v) is 10.3.